The highest BCUT2D eigenvalue weighted by atomic mass is 35.5. The lowest BCUT2D eigenvalue weighted by Crippen LogP contribution is -2.49. The van der Waals surface area contributed by atoms with Gasteiger partial charge in [0.2, 0.25) is 0 Å². The number of halogens is 2. The molecular weight excluding hydrogens is 401 g/mol. The van der Waals surface area contributed by atoms with Gasteiger partial charge in [0.15, 0.2) is 0 Å². The Balaban J connectivity index is 1.59. The number of rotatable bonds is 5. The van der Waals surface area contributed by atoms with Crippen LogP contribution in [0.4, 0.5) is 0 Å². The molecule has 1 heterocycles. The van der Waals surface area contributed by atoms with Crippen LogP contribution in [0.1, 0.15) is 29.0 Å². The van der Waals surface area contributed by atoms with Gasteiger partial charge in [-0.3, -0.25) is 0 Å². The zero-order valence-electron chi connectivity index (χ0n) is 16.3. The van der Waals surface area contributed by atoms with Gasteiger partial charge in [0, 0.05) is 35.6 Å². The van der Waals surface area contributed by atoms with E-state index in [1.807, 2.05) is 54.6 Å². The Hall–Kier alpha value is -1.84. The molecule has 1 fully saturated rings. The molecule has 2 unspecified atom stereocenters. The van der Waals surface area contributed by atoms with Gasteiger partial charge < -0.3 is 10.0 Å². The molecule has 1 saturated heterocycles. The normalized spacial score (nSPS) is 22.5. The summed E-state index contributed by atoms with van der Waals surface area (Å²) in [5.74, 6) is -0.0366. The number of likely N-dealkylation sites (tertiary alicyclic amines) is 1. The van der Waals surface area contributed by atoms with Crippen LogP contribution < -0.4 is 0 Å². The molecule has 0 saturated carbocycles. The number of hydrogen-bond donors (Lipinski definition) is 1. The van der Waals surface area contributed by atoms with Crippen LogP contribution in [0.2, 0.25) is 10.0 Å². The van der Waals surface area contributed by atoms with Crippen LogP contribution in [0.3, 0.4) is 0 Å². The van der Waals surface area contributed by atoms with Gasteiger partial charge in [0.05, 0.1) is 5.60 Å². The average Bonchev–Trinajstić information content (AvgIpc) is 2.75. The van der Waals surface area contributed by atoms with Crippen molar-refractivity contribution in [3.63, 3.8) is 0 Å². The van der Waals surface area contributed by atoms with E-state index in [0.29, 0.717) is 16.5 Å². The summed E-state index contributed by atoms with van der Waals surface area (Å²) in [7, 11) is 0. The Morgan fingerprint density at radius 3 is 2.14 bits per heavy atom. The van der Waals surface area contributed by atoms with E-state index in [2.05, 4.69) is 29.2 Å². The molecule has 0 aromatic heterocycles. The maximum absolute atomic E-state index is 11.8. The largest absolute Gasteiger partial charge is 0.384 e. The van der Waals surface area contributed by atoms with Crippen LogP contribution in [0.25, 0.3) is 0 Å². The molecule has 2 atom stereocenters. The van der Waals surface area contributed by atoms with E-state index in [1.54, 1.807) is 0 Å². The van der Waals surface area contributed by atoms with Crippen LogP contribution in [0.5, 0.6) is 0 Å². The fraction of sp³-hybridized carbons (Fsp3) is 0.280. The molecule has 4 rings (SSSR count). The first-order chi connectivity index (χ1) is 14.0. The van der Waals surface area contributed by atoms with Crippen molar-refractivity contribution in [3.8, 4) is 0 Å². The Bertz CT molecular complexity index is 927. The number of benzene rings is 3. The molecule has 0 amide bonds. The number of piperidine rings is 1. The number of nitrogens with zero attached hydrogens (tertiary/aromatic N) is 1. The quantitative estimate of drug-likeness (QED) is 0.548. The van der Waals surface area contributed by atoms with Crippen molar-refractivity contribution in [1.29, 1.82) is 0 Å². The van der Waals surface area contributed by atoms with E-state index in [0.717, 1.165) is 37.2 Å². The lowest BCUT2D eigenvalue weighted by molar-refractivity contribution is -0.0469. The molecule has 0 aliphatic carbocycles. The van der Waals surface area contributed by atoms with Crippen molar-refractivity contribution in [2.24, 2.45) is 0 Å². The van der Waals surface area contributed by atoms with Gasteiger partial charge in [0.1, 0.15) is 0 Å². The summed E-state index contributed by atoms with van der Waals surface area (Å²) in [6, 6.07) is 26.1. The maximum atomic E-state index is 11.8. The van der Waals surface area contributed by atoms with Crippen LogP contribution in [0, 0.1) is 0 Å². The molecule has 3 aromatic rings. The van der Waals surface area contributed by atoms with E-state index in [9.17, 15) is 5.11 Å². The molecule has 0 spiro atoms. The summed E-state index contributed by atoms with van der Waals surface area (Å²) in [4.78, 5) is 2.46. The van der Waals surface area contributed by atoms with Crippen molar-refractivity contribution in [2.45, 2.75) is 24.4 Å². The van der Waals surface area contributed by atoms with Crippen LogP contribution in [0.15, 0.2) is 78.9 Å². The highest BCUT2D eigenvalue weighted by molar-refractivity contribution is 6.30. The molecule has 1 aliphatic heterocycles. The van der Waals surface area contributed by atoms with Gasteiger partial charge in [-0.1, -0.05) is 77.8 Å². The molecule has 150 valence electrons. The number of hydrogen-bond acceptors (Lipinski definition) is 2. The maximum Gasteiger partial charge on any atom is 0.0989 e. The minimum atomic E-state index is -0.929. The molecule has 1 aliphatic rings. The zero-order valence-corrected chi connectivity index (χ0v) is 17.8. The van der Waals surface area contributed by atoms with Crippen molar-refractivity contribution in [2.75, 3.05) is 19.6 Å². The molecule has 3 aromatic carbocycles. The minimum Gasteiger partial charge on any atom is -0.384 e. The summed E-state index contributed by atoms with van der Waals surface area (Å²) in [6.45, 7) is 2.63. The van der Waals surface area contributed by atoms with Crippen LogP contribution >= 0.6 is 23.2 Å². The first kappa shape index (κ1) is 20.4. The Kier molecular flexibility index (Phi) is 6.26. The molecule has 1 N–H and O–H groups in total. The smallest absolute Gasteiger partial charge is 0.0989 e. The topological polar surface area (TPSA) is 23.5 Å². The molecule has 29 heavy (non-hydrogen) atoms. The lowest BCUT2D eigenvalue weighted by Gasteiger charge is -2.45. The van der Waals surface area contributed by atoms with Crippen molar-refractivity contribution in [3.05, 3.63) is 106 Å². The Morgan fingerprint density at radius 1 is 0.862 bits per heavy atom. The third kappa shape index (κ3) is 4.67. The van der Waals surface area contributed by atoms with Gasteiger partial charge in [0.25, 0.3) is 0 Å². The standard InChI is InChI=1S/C25H25Cl2NO/c26-22-10-6-20(7-11-22)24-18-28(16-14-19-4-2-1-3-5-19)17-15-25(24,29)21-8-12-23(27)13-9-21/h1-13,24,29H,14-18H2. The predicted octanol–water partition coefficient (Wildman–Crippen LogP) is 5.91. The second-order valence-corrected chi connectivity index (χ2v) is 8.69. The SMILES string of the molecule is OC1(c2ccc(Cl)cc2)CCN(CCc2ccccc2)CC1c1ccc(Cl)cc1. The highest BCUT2D eigenvalue weighted by Gasteiger charge is 2.43. The Morgan fingerprint density at radius 2 is 1.48 bits per heavy atom. The van der Waals surface area contributed by atoms with Gasteiger partial charge in [-0.05, 0) is 53.8 Å². The predicted molar refractivity (Wildman–Crippen MR) is 121 cm³/mol. The summed E-state index contributed by atoms with van der Waals surface area (Å²) >= 11 is 12.2. The summed E-state index contributed by atoms with van der Waals surface area (Å²) in [5.41, 5.74) is 2.44. The number of aliphatic hydroxyl groups is 1. The molecule has 0 radical (unpaired) electrons. The van der Waals surface area contributed by atoms with E-state index in [4.69, 9.17) is 23.2 Å². The molecule has 0 bridgehead atoms. The molecular formula is C25H25Cl2NO. The van der Waals surface area contributed by atoms with Crippen molar-refractivity contribution < 1.29 is 5.11 Å². The Labute approximate surface area is 182 Å². The first-order valence-corrected chi connectivity index (χ1v) is 10.8. The van der Waals surface area contributed by atoms with Crippen LogP contribution in [-0.2, 0) is 12.0 Å². The van der Waals surface area contributed by atoms with Crippen LogP contribution in [-0.4, -0.2) is 29.6 Å². The second kappa shape index (κ2) is 8.89. The second-order valence-electron chi connectivity index (χ2n) is 7.82. The molecule has 4 heteroatoms. The average molecular weight is 426 g/mol. The van der Waals surface area contributed by atoms with Gasteiger partial charge in [-0.2, -0.15) is 0 Å². The van der Waals surface area contributed by atoms with E-state index in [-0.39, 0.29) is 5.92 Å². The van der Waals surface area contributed by atoms with Gasteiger partial charge in [-0.15, -0.1) is 0 Å². The van der Waals surface area contributed by atoms with Gasteiger partial charge in [-0.25, -0.2) is 0 Å². The first-order valence-electron chi connectivity index (χ1n) is 10.0. The van der Waals surface area contributed by atoms with E-state index in [1.165, 1.54) is 5.56 Å². The third-order valence-corrected chi connectivity index (χ3v) is 6.51. The summed E-state index contributed by atoms with van der Waals surface area (Å²) < 4.78 is 0. The fourth-order valence-electron chi connectivity index (χ4n) is 4.30. The van der Waals surface area contributed by atoms with E-state index < -0.39 is 5.60 Å². The fourth-order valence-corrected chi connectivity index (χ4v) is 4.55. The van der Waals surface area contributed by atoms with E-state index >= 15 is 0 Å². The van der Waals surface area contributed by atoms with Crippen molar-refractivity contribution in [1.82, 2.24) is 4.90 Å². The lowest BCUT2D eigenvalue weighted by atomic mass is 9.72. The minimum absolute atomic E-state index is 0.0366. The van der Waals surface area contributed by atoms with Gasteiger partial charge >= 0.3 is 0 Å². The van der Waals surface area contributed by atoms with Crippen molar-refractivity contribution >= 4 is 23.2 Å². The summed E-state index contributed by atoms with van der Waals surface area (Å²) in [5, 5.41) is 13.2. The monoisotopic (exact) mass is 425 g/mol. The molecule has 2 nitrogen and oxygen atoms in total. The zero-order chi connectivity index (χ0) is 20.3. The third-order valence-electron chi connectivity index (χ3n) is 6.00. The highest BCUT2D eigenvalue weighted by Crippen LogP contribution is 2.43. The summed E-state index contributed by atoms with van der Waals surface area (Å²) in [6.07, 6.45) is 1.68.